The van der Waals surface area contributed by atoms with Crippen LogP contribution in [0.1, 0.15) is 24.0 Å². The zero-order valence-corrected chi connectivity index (χ0v) is 18.7. The van der Waals surface area contributed by atoms with Crippen LogP contribution in [0.2, 0.25) is 0 Å². The van der Waals surface area contributed by atoms with Crippen LogP contribution in [0.5, 0.6) is 0 Å². The van der Waals surface area contributed by atoms with E-state index in [4.69, 9.17) is 0 Å². The molecular weight excluding hydrogens is 412 g/mol. The van der Waals surface area contributed by atoms with E-state index in [0.29, 0.717) is 19.6 Å². The van der Waals surface area contributed by atoms with Gasteiger partial charge in [0.1, 0.15) is 0 Å². The Hall–Kier alpha value is -3.51. The smallest absolute Gasteiger partial charge is 0.237 e. The van der Waals surface area contributed by atoms with Crippen LogP contribution in [-0.4, -0.2) is 47.4 Å². The number of amides is 2. The number of aryl methyl sites for hydroxylation is 1. The molecule has 4 rings (SSSR count). The van der Waals surface area contributed by atoms with Gasteiger partial charge in [0.25, 0.3) is 0 Å². The molecule has 33 heavy (non-hydrogen) atoms. The average Bonchev–Trinajstić information content (AvgIpc) is 2.86. The normalized spacial score (nSPS) is 16.2. The number of carbonyl (C=O) groups is 2. The molecule has 6 nitrogen and oxygen atoms in total. The molecule has 2 amide bonds. The van der Waals surface area contributed by atoms with Gasteiger partial charge in [-0.15, -0.1) is 0 Å². The summed E-state index contributed by atoms with van der Waals surface area (Å²) in [6.45, 7) is 2.56. The third-order valence-corrected chi connectivity index (χ3v) is 5.95. The first-order valence-corrected chi connectivity index (χ1v) is 11.5. The van der Waals surface area contributed by atoms with Crippen molar-refractivity contribution in [3.8, 4) is 11.1 Å². The molecule has 1 fully saturated rings. The molecule has 0 bridgehead atoms. The van der Waals surface area contributed by atoms with Gasteiger partial charge in [-0.2, -0.15) is 0 Å². The second kappa shape index (κ2) is 11.4. The number of nitrogens with zero attached hydrogens (tertiary/aromatic N) is 2. The highest BCUT2D eigenvalue weighted by atomic mass is 16.2. The SMILES string of the molecule is O=C(CC1C(=O)NCCN1Cc1ccc(-c2ccccc2)cc1)NCCCc1cccnc1. The van der Waals surface area contributed by atoms with E-state index < -0.39 is 6.04 Å². The van der Waals surface area contributed by atoms with Crippen molar-refractivity contribution in [3.63, 3.8) is 0 Å². The van der Waals surface area contributed by atoms with E-state index in [-0.39, 0.29) is 18.2 Å². The van der Waals surface area contributed by atoms with Gasteiger partial charge in [0.2, 0.25) is 11.8 Å². The van der Waals surface area contributed by atoms with Crippen molar-refractivity contribution >= 4 is 11.8 Å². The summed E-state index contributed by atoms with van der Waals surface area (Å²) >= 11 is 0. The monoisotopic (exact) mass is 442 g/mol. The lowest BCUT2D eigenvalue weighted by Crippen LogP contribution is -2.56. The van der Waals surface area contributed by atoms with Crippen LogP contribution in [0.4, 0.5) is 0 Å². The van der Waals surface area contributed by atoms with Gasteiger partial charge in [-0.3, -0.25) is 19.5 Å². The van der Waals surface area contributed by atoms with Gasteiger partial charge in [0, 0.05) is 38.6 Å². The topological polar surface area (TPSA) is 74.3 Å². The van der Waals surface area contributed by atoms with Crippen LogP contribution in [0, 0.1) is 0 Å². The zero-order chi connectivity index (χ0) is 22.9. The molecule has 1 atom stereocenters. The molecule has 3 aromatic rings. The van der Waals surface area contributed by atoms with Gasteiger partial charge < -0.3 is 10.6 Å². The van der Waals surface area contributed by atoms with E-state index in [1.807, 2.05) is 36.5 Å². The fourth-order valence-electron chi connectivity index (χ4n) is 4.16. The van der Waals surface area contributed by atoms with Gasteiger partial charge in [-0.25, -0.2) is 0 Å². The highest BCUT2D eigenvalue weighted by Crippen LogP contribution is 2.21. The molecule has 0 saturated carbocycles. The summed E-state index contributed by atoms with van der Waals surface area (Å²) in [4.78, 5) is 31.3. The van der Waals surface area contributed by atoms with Crippen molar-refractivity contribution in [3.05, 3.63) is 90.3 Å². The summed E-state index contributed by atoms with van der Waals surface area (Å²) in [7, 11) is 0. The van der Waals surface area contributed by atoms with Crippen LogP contribution in [0.25, 0.3) is 11.1 Å². The summed E-state index contributed by atoms with van der Waals surface area (Å²) < 4.78 is 0. The van der Waals surface area contributed by atoms with Crippen LogP contribution in [0.15, 0.2) is 79.1 Å². The Balaban J connectivity index is 1.30. The Morgan fingerprint density at radius 2 is 1.79 bits per heavy atom. The molecule has 1 aliphatic rings. The maximum atomic E-state index is 12.5. The Morgan fingerprint density at radius 3 is 2.55 bits per heavy atom. The number of nitrogens with one attached hydrogen (secondary N) is 2. The first-order chi connectivity index (χ1) is 16.2. The van der Waals surface area contributed by atoms with E-state index in [2.05, 4.69) is 56.9 Å². The lowest BCUT2D eigenvalue weighted by molar-refractivity contribution is -0.134. The molecule has 2 heterocycles. The fourth-order valence-corrected chi connectivity index (χ4v) is 4.16. The van der Waals surface area contributed by atoms with E-state index >= 15 is 0 Å². The van der Waals surface area contributed by atoms with Crippen LogP contribution < -0.4 is 10.6 Å². The van der Waals surface area contributed by atoms with Gasteiger partial charge in [0.15, 0.2) is 0 Å². The maximum absolute atomic E-state index is 12.5. The number of piperazine rings is 1. The van der Waals surface area contributed by atoms with Gasteiger partial charge in [0.05, 0.1) is 12.5 Å². The molecule has 2 aromatic carbocycles. The number of pyridine rings is 1. The summed E-state index contributed by atoms with van der Waals surface area (Å²) in [5.74, 6) is -0.166. The zero-order valence-electron chi connectivity index (χ0n) is 18.7. The number of hydrogen-bond donors (Lipinski definition) is 2. The first-order valence-electron chi connectivity index (χ1n) is 11.5. The minimum absolute atomic E-state index is 0.0762. The second-order valence-electron chi connectivity index (χ2n) is 8.36. The molecule has 1 aromatic heterocycles. The number of carbonyl (C=O) groups excluding carboxylic acids is 2. The fraction of sp³-hybridized carbons (Fsp3) is 0.296. The van der Waals surface area contributed by atoms with Crippen molar-refractivity contribution in [2.75, 3.05) is 19.6 Å². The quantitative estimate of drug-likeness (QED) is 0.499. The molecule has 1 aliphatic heterocycles. The molecule has 2 N–H and O–H groups in total. The van der Waals surface area contributed by atoms with E-state index in [0.717, 1.165) is 36.1 Å². The minimum Gasteiger partial charge on any atom is -0.356 e. The Labute approximate surface area is 195 Å². The maximum Gasteiger partial charge on any atom is 0.237 e. The minimum atomic E-state index is -0.453. The van der Waals surface area contributed by atoms with Gasteiger partial charge in [-0.1, -0.05) is 60.7 Å². The first kappa shape index (κ1) is 22.7. The van der Waals surface area contributed by atoms with Crippen molar-refractivity contribution in [2.45, 2.75) is 31.8 Å². The van der Waals surface area contributed by atoms with E-state index in [1.165, 1.54) is 5.56 Å². The molecule has 0 spiro atoms. The summed E-state index contributed by atoms with van der Waals surface area (Å²) in [6, 6.07) is 22.2. The Morgan fingerprint density at radius 1 is 1.00 bits per heavy atom. The predicted molar refractivity (Wildman–Crippen MR) is 129 cm³/mol. The van der Waals surface area contributed by atoms with E-state index in [1.54, 1.807) is 6.20 Å². The van der Waals surface area contributed by atoms with Crippen LogP contribution in [0.3, 0.4) is 0 Å². The molecule has 6 heteroatoms. The lowest BCUT2D eigenvalue weighted by atomic mass is 10.0. The molecule has 0 aliphatic carbocycles. The third-order valence-electron chi connectivity index (χ3n) is 5.95. The summed E-state index contributed by atoms with van der Waals surface area (Å²) in [5.41, 5.74) is 4.63. The van der Waals surface area contributed by atoms with Crippen molar-refractivity contribution in [1.82, 2.24) is 20.5 Å². The van der Waals surface area contributed by atoms with Gasteiger partial charge in [-0.05, 0) is 41.2 Å². The lowest BCUT2D eigenvalue weighted by Gasteiger charge is -2.34. The Kier molecular flexibility index (Phi) is 7.82. The second-order valence-corrected chi connectivity index (χ2v) is 8.36. The third kappa shape index (κ3) is 6.49. The number of aromatic nitrogens is 1. The van der Waals surface area contributed by atoms with E-state index in [9.17, 15) is 9.59 Å². The number of benzene rings is 2. The summed E-state index contributed by atoms with van der Waals surface area (Å²) in [5, 5.41) is 5.87. The van der Waals surface area contributed by atoms with Gasteiger partial charge >= 0.3 is 0 Å². The highest BCUT2D eigenvalue weighted by Gasteiger charge is 2.31. The van der Waals surface area contributed by atoms with Crippen LogP contribution in [-0.2, 0) is 22.6 Å². The molecule has 1 saturated heterocycles. The number of rotatable bonds is 9. The van der Waals surface area contributed by atoms with Crippen molar-refractivity contribution in [2.24, 2.45) is 0 Å². The Bertz CT molecular complexity index is 1040. The number of hydrogen-bond acceptors (Lipinski definition) is 4. The largest absolute Gasteiger partial charge is 0.356 e. The molecule has 170 valence electrons. The van der Waals surface area contributed by atoms with Crippen LogP contribution >= 0.6 is 0 Å². The standard InChI is InChI=1S/C27H30N4O2/c32-26(29-15-5-7-21-6-4-14-28-19-21)18-25-27(33)30-16-17-31(25)20-22-10-12-24(13-11-22)23-8-2-1-3-9-23/h1-4,6,8-14,19,25H,5,7,15-18,20H2,(H,29,32)(H,30,33). The molecule has 0 radical (unpaired) electrons. The highest BCUT2D eigenvalue weighted by molar-refractivity contribution is 5.88. The predicted octanol–water partition coefficient (Wildman–Crippen LogP) is 3.19. The van der Waals surface area contributed by atoms with Crippen molar-refractivity contribution < 1.29 is 9.59 Å². The molecular formula is C27H30N4O2. The summed E-state index contributed by atoms with van der Waals surface area (Å²) in [6.07, 6.45) is 5.47. The molecule has 1 unspecified atom stereocenters. The average molecular weight is 443 g/mol. The van der Waals surface area contributed by atoms with Crippen molar-refractivity contribution in [1.29, 1.82) is 0 Å².